The summed E-state index contributed by atoms with van der Waals surface area (Å²) in [4.78, 5) is 8.72. The van der Waals surface area contributed by atoms with Crippen LogP contribution in [0.25, 0.3) is 11.3 Å². The molecule has 0 aliphatic carbocycles. The number of pyridine rings is 1. The Morgan fingerprint density at radius 2 is 2.13 bits per heavy atom. The van der Waals surface area contributed by atoms with Gasteiger partial charge in [0.15, 0.2) is 0 Å². The van der Waals surface area contributed by atoms with Crippen LogP contribution in [0.2, 0.25) is 0 Å². The number of thioether (sulfide) groups is 1. The van der Waals surface area contributed by atoms with Crippen LogP contribution in [0.3, 0.4) is 0 Å². The van der Waals surface area contributed by atoms with E-state index in [1.165, 1.54) is 12.1 Å². The zero-order valence-electron chi connectivity index (χ0n) is 12.4. The molecule has 0 saturated carbocycles. The third-order valence-corrected chi connectivity index (χ3v) is 4.26. The highest BCUT2D eigenvalue weighted by Gasteiger charge is 2.11. The topological polar surface area (TPSA) is 49.0 Å². The molecule has 1 unspecified atom stereocenters. The van der Waals surface area contributed by atoms with Gasteiger partial charge in [-0.15, -0.1) is 11.8 Å². The van der Waals surface area contributed by atoms with E-state index < -0.39 is 5.82 Å². The molecular formula is C18H12FN3S. The van der Waals surface area contributed by atoms with Crippen molar-refractivity contribution >= 4 is 16.8 Å². The molecule has 0 fully saturated rings. The number of nitriles is 1. The third-order valence-electron chi connectivity index (χ3n) is 3.26. The summed E-state index contributed by atoms with van der Waals surface area (Å²) >= 11 is 1.72. The Bertz CT molecular complexity index is 870. The summed E-state index contributed by atoms with van der Waals surface area (Å²) in [7, 11) is 0. The fourth-order valence-electron chi connectivity index (χ4n) is 2.17. The minimum atomic E-state index is -0.448. The van der Waals surface area contributed by atoms with E-state index in [1.807, 2.05) is 19.1 Å². The van der Waals surface area contributed by atoms with Gasteiger partial charge in [-0.1, -0.05) is 11.8 Å². The Morgan fingerprint density at radius 1 is 1.26 bits per heavy atom. The van der Waals surface area contributed by atoms with Gasteiger partial charge < -0.3 is 0 Å². The van der Waals surface area contributed by atoms with Gasteiger partial charge in [0.2, 0.25) is 0 Å². The second kappa shape index (κ2) is 6.64. The highest BCUT2D eigenvalue weighted by atomic mass is 32.2. The van der Waals surface area contributed by atoms with Crippen LogP contribution >= 0.6 is 11.8 Å². The van der Waals surface area contributed by atoms with Crippen LogP contribution in [-0.2, 0) is 0 Å². The zero-order valence-corrected chi connectivity index (χ0v) is 13.2. The van der Waals surface area contributed by atoms with Crippen LogP contribution < -0.4 is 0 Å². The maximum absolute atomic E-state index is 13.5. The molecule has 0 N–H and O–H groups in total. The standard InChI is InChI=1S/C18H12FN3S/c1-12-22-17(11-23-12)4-2-13-3-5-18(21-10-13)15-6-14(9-20)7-16(19)8-15/h3,5-8,10,17H,11H2,1H3. The molecule has 0 radical (unpaired) electrons. The fourth-order valence-corrected chi connectivity index (χ4v) is 2.93. The van der Waals surface area contributed by atoms with Gasteiger partial charge >= 0.3 is 0 Å². The lowest BCUT2D eigenvalue weighted by atomic mass is 10.1. The summed E-state index contributed by atoms with van der Waals surface area (Å²) in [6.45, 7) is 1.98. The van der Waals surface area contributed by atoms with Crippen LogP contribution in [0.15, 0.2) is 41.5 Å². The number of benzene rings is 1. The Balaban J connectivity index is 1.82. The quantitative estimate of drug-likeness (QED) is 0.753. The molecule has 0 saturated heterocycles. The normalized spacial score (nSPS) is 16.2. The summed E-state index contributed by atoms with van der Waals surface area (Å²) < 4.78 is 13.5. The number of hydrogen-bond acceptors (Lipinski definition) is 4. The van der Waals surface area contributed by atoms with Crippen LogP contribution in [0, 0.1) is 29.0 Å². The second-order valence-corrected chi connectivity index (χ2v) is 6.23. The first-order chi connectivity index (χ1) is 11.1. The number of aromatic nitrogens is 1. The van der Waals surface area contributed by atoms with Crippen molar-refractivity contribution in [3.05, 3.63) is 53.5 Å². The van der Waals surface area contributed by atoms with E-state index in [0.29, 0.717) is 11.3 Å². The predicted molar refractivity (Wildman–Crippen MR) is 90.6 cm³/mol. The number of rotatable bonds is 1. The van der Waals surface area contributed by atoms with Gasteiger partial charge in [-0.25, -0.2) is 4.39 Å². The maximum Gasteiger partial charge on any atom is 0.125 e. The van der Waals surface area contributed by atoms with Crippen molar-refractivity contribution < 1.29 is 4.39 Å². The van der Waals surface area contributed by atoms with Crippen LogP contribution in [0.1, 0.15) is 18.1 Å². The van der Waals surface area contributed by atoms with E-state index >= 15 is 0 Å². The van der Waals surface area contributed by atoms with Gasteiger partial charge in [0, 0.05) is 23.1 Å². The van der Waals surface area contributed by atoms with Gasteiger partial charge in [-0.3, -0.25) is 9.98 Å². The number of aliphatic imine (C=N–C) groups is 1. The summed E-state index contributed by atoms with van der Waals surface area (Å²) in [5.41, 5.74) is 2.25. The second-order valence-electron chi connectivity index (χ2n) is 5.02. The largest absolute Gasteiger partial charge is 0.266 e. The number of halogens is 1. The summed E-state index contributed by atoms with van der Waals surface area (Å²) in [5.74, 6) is 6.62. The van der Waals surface area contributed by atoms with E-state index in [9.17, 15) is 4.39 Å². The molecule has 1 aliphatic heterocycles. The molecule has 1 aromatic carbocycles. The van der Waals surface area contributed by atoms with Crippen LogP contribution in [0.4, 0.5) is 4.39 Å². The Hall–Kier alpha value is -2.63. The molecule has 5 heteroatoms. The van der Waals surface area contributed by atoms with Gasteiger partial charge in [0.05, 0.1) is 22.4 Å². The van der Waals surface area contributed by atoms with E-state index in [-0.39, 0.29) is 11.6 Å². The lowest BCUT2D eigenvalue weighted by Gasteiger charge is -2.02. The molecule has 0 bridgehead atoms. The average Bonchev–Trinajstić information content (AvgIpc) is 2.98. The molecule has 0 spiro atoms. The van der Waals surface area contributed by atoms with Crippen molar-refractivity contribution in [1.82, 2.24) is 4.98 Å². The van der Waals surface area contributed by atoms with Crippen molar-refractivity contribution in [2.24, 2.45) is 4.99 Å². The monoisotopic (exact) mass is 321 g/mol. The molecule has 2 aromatic rings. The van der Waals surface area contributed by atoms with E-state index in [1.54, 1.807) is 30.1 Å². The Kier molecular flexibility index (Phi) is 4.41. The minimum Gasteiger partial charge on any atom is -0.266 e. The summed E-state index contributed by atoms with van der Waals surface area (Å²) in [5, 5.41) is 9.97. The minimum absolute atomic E-state index is 0.0427. The smallest absolute Gasteiger partial charge is 0.125 e. The molecule has 1 aromatic heterocycles. The summed E-state index contributed by atoms with van der Waals surface area (Å²) in [6, 6.07) is 9.77. The lowest BCUT2D eigenvalue weighted by molar-refractivity contribution is 0.628. The molecule has 0 amide bonds. The predicted octanol–water partition coefficient (Wildman–Crippen LogP) is 3.64. The fraction of sp³-hybridized carbons (Fsp3) is 0.167. The molecule has 2 heterocycles. The highest BCUT2D eigenvalue weighted by Crippen LogP contribution is 2.20. The first-order valence-corrected chi connectivity index (χ1v) is 7.98. The molecular weight excluding hydrogens is 309 g/mol. The Labute approximate surface area is 138 Å². The first-order valence-electron chi connectivity index (χ1n) is 7.00. The van der Waals surface area contributed by atoms with Crippen molar-refractivity contribution in [3.63, 3.8) is 0 Å². The number of hydrogen-bond donors (Lipinski definition) is 0. The van der Waals surface area contributed by atoms with E-state index in [2.05, 4.69) is 21.8 Å². The van der Waals surface area contributed by atoms with Gasteiger partial charge in [-0.05, 0) is 37.3 Å². The molecule has 23 heavy (non-hydrogen) atoms. The third kappa shape index (κ3) is 3.77. The molecule has 112 valence electrons. The SMILES string of the molecule is CC1=NC(C#Cc2ccc(-c3cc(F)cc(C#N)c3)nc2)CS1. The molecule has 1 atom stereocenters. The number of nitrogens with zero attached hydrogens (tertiary/aromatic N) is 3. The van der Waals surface area contributed by atoms with E-state index in [4.69, 9.17) is 5.26 Å². The maximum atomic E-state index is 13.5. The molecule has 3 nitrogen and oxygen atoms in total. The van der Waals surface area contributed by atoms with Crippen molar-refractivity contribution in [3.8, 4) is 29.2 Å². The summed E-state index contributed by atoms with van der Waals surface area (Å²) in [6.07, 6.45) is 1.65. The van der Waals surface area contributed by atoms with Crippen molar-refractivity contribution in [2.75, 3.05) is 5.75 Å². The van der Waals surface area contributed by atoms with E-state index in [0.717, 1.165) is 16.4 Å². The van der Waals surface area contributed by atoms with Gasteiger partial charge in [0.1, 0.15) is 11.9 Å². The molecule has 1 aliphatic rings. The Morgan fingerprint density at radius 3 is 2.78 bits per heavy atom. The van der Waals surface area contributed by atoms with Crippen LogP contribution in [0.5, 0.6) is 0 Å². The first kappa shape index (κ1) is 15.3. The lowest BCUT2D eigenvalue weighted by Crippen LogP contribution is -1.98. The van der Waals surface area contributed by atoms with Crippen molar-refractivity contribution in [2.45, 2.75) is 13.0 Å². The zero-order chi connectivity index (χ0) is 16.2. The van der Waals surface area contributed by atoms with Gasteiger partial charge in [0.25, 0.3) is 0 Å². The van der Waals surface area contributed by atoms with Crippen LogP contribution in [-0.4, -0.2) is 21.8 Å². The van der Waals surface area contributed by atoms with Crippen molar-refractivity contribution in [1.29, 1.82) is 5.26 Å². The highest BCUT2D eigenvalue weighted by molar-refractivity contribution is 8.14. The van der Waals surface area contributed by atoms with Gasteiger partial charge in [-0.2, -0.15) is 5.26 Å². The average molecular weight is 321 g/mol. The molecule has 3 rings (SSSR count).